The van der Waals surface area contributed by atoms with Gasteiger partial charge in [-0.15, -0.1) is 0 Å². The highest BCUT2D eigenvalue weighted by molar-refractivity contribution is 14.1. The molecule has 136 valence electrons. The fourth-order valence-electron chi connectivity index (χ4n) is 1.71. The second-order valence-corrected chi connectivity index (χ2v) is 5.67. The van der Waals surface area contributed by atoms with Crippen LogP contribution in [0.3, 0.4) is 0 Å². The summed E-state index contributed by atoms with van der Waals surface area (Å²) in [5.41, 5.74) is 0.422. The third kappa shape index (κ3) is 8.78. The largest absolute Gasteiger partial charge is 0.490 e. The first kappa shape index (κ1) is 21.1. The molecule has 0 aliphatic carbocycles. The number of carbonyl (C=O) groups is 1. The second-order valence-electron chi connectivity index (χ2n) is 4.42. The van der Waals surface area contributed by atoms with Crippen LogP contribution < -0.4 is 4.74 Å². The average molecular weight is 454 g/mol. The van der Waals surface area contributed by atoms with E-state index in [1.165, 1.54) is 7.11 Å². The molecule has 8 heteroatoms. The summed E-state index contributed by atoms with van der Waals surface area (Å²) in [4.78, 5) is 21.0. The van der Waals surface area contributed by atoms with E-state index in [0.29, 0.717) is 57.6 Å². The Labute approximate surface area is 155 Å². The molecule has 1 rings (SSSR count). The summed E-state index contributed by atoms with van der Waals surface area (Å²) in [6, 6.07) is 5.37. The van der Waals surface area contributed by atoms with Gasteiger partial charge in [0, 0.05) is 3.57 Å². The van der Waals surface area contributed by atoms with Crippen molar-refractivity contribution in [3.05, 3.63) is 27.3 Å². The van der Waals surface area contributed by atoms with Crippen LogP contribution >= 0.6 is 22.6 Å². The van der Waals surface area contributed by atoms with Crippen molar-refractivity contribution in [2.45, 2.75) is 6.92 Å². The highest BCUT2D eigenvalue weighted by atomic mass is 127. The summed E-state index contributed by atoms with van der Waals surface area (Å²) in [5, 5.41) is 0. The zero-order valence-corrected chi connectivity index (χ0v) is 16.1. The lowest BCUT2D eigenvalue weighted by molar-refractivity contribution is -0.277. The molecule has 0 unspecified atom stereocenters. The normalized spacial score (nSPS) is 10.6. The van der Waals surface area contributed by atoms with Gasteiger partial charge in [-0.1, -0.05) is 0 Å². The fraction of sp³-hybridized carbons (Fsp3) is 0.562. The molecule has 7 nitrogen and oxygen atoms in total. The van der Waals surface area contributed by atoms with Crippen molar-refractivity contribution in [2.24, 2.45) is 0 Å². The predicted octanol–water partition coefficient (Wildman–Crippen LogP) is 2.46. The lowest BCUT2D eigenvalue weighted by Crippen LogP contribution is -2.14. The molecule has 0 heterocycles. The SMILES string of the molecule is CCOC(=O)c1cc(I)ccc1OCCOCCOCCOOC. The van der Waals surface area contributed by atoms with Gasteiger partial charge in [0.15, 0.2) is 0 Å². The van der Waals surface area contributed by atoms with Crippen LogP contribution in [0.1, 0.15) is 17.3 Å². The molecule has 0 saturated carbocycles. The van der Waals surface area contributed by atoms with E-state index in [4.69, 9.17) is 18.9 Å². The van der Waals surface area contributed by atoms with Crippen molar-refractivity contribution < 1.29 is 33.5 Å². The van der Waals surface area contributed by atoms with Crippen LogP contribution in [0.4, 0.5) is 0 Å². The Morgan fingerprint density at radius 3 is 2.38 bits per heavy atom. The summed E-state index contributed by atoms with van der Waals surface area (Å²) in [5.74, 6) is 0.101. The highest BCUT2D eigenvalue weighted by Crippen LogP contribution is 2.22. The third-order valence-corrected chi connectivity index (χ3v) is 3.39. The van der Waals surface area contributed by atoms with Crippen LogP contribution in [0.5, 0.6) is 5.75 Å². The monoisotopic (exact) mass is 454 g/mol. The van der Waals surface area contributed by atoms with Gasteiger partial charge in [0.05, 0.1) is 40.1 Å². The van der Waals surface area contributed by atoms with Gasteiger partial charge in [-0.2, -0.15) is 0 Å². The van der Waals surface area contributed by atoms with Gasteiger partial charge in [0.25, 0.3) is 0 Å². The molecular weight excluding hydrogens is 431 g/mol. The van der Waals surface area contributed by atoms with Gasteiger partial charge < -0.3 is 18.9 Å². The molecule has 0 bridgehead atoms. The van der Waals surface area contributed by atoms with Crippen molar-refractivity contribution in [2.75, 3.05) is 53.4 Å². The Morgan fingerprint density at radius 1 is 1.04 bits per heavy atom. The van der Waals surface area contributed by atoms with Gasteiger partial charge in [-0.3, -0.25) is 0 Å². The van der Waals surface area contributed by atoms with Crippen molar-refractivity contribution in [3.8, 4) is 5.75 Å². The summed E-state index contributed by atoms with van der Waals surface area (Å²) in [7, 11) is 1.45. The number of esters is 1. The minimum Gasteiger partial charge on any atom is -0.490 e. The minimum atomic E-state index is -0.390. The number of halogens is 1. The maximum Gasteiger partial charge on any atom is 0.341 e. The van der Waals surface area contributed by atoms with E-state index in [2.05, 4.69) is 32.4 Å². The van der Waals surface area contributed by atoms with Gasteiger partial charge in [0.2, 0.25) is 0 Å². The van der Waals surface area contributed by atoms with E-state index in [1.54, 1.807) is 19.1 Å². The number of carbonyl (C=O) groups excluding carboxylic acids is 1. The van der Waals surface area contributed by atoms with Gasteiger partial charge in [0.1, 0.15) is 24.5 Å². The Morgan fingerprint density at radius 2 is 1.71 bits per heavy atom. The van der Waals surface area contributed by atoms with E-state index < -0.39 is 5.97 Å². The molecule has 0 amide bonds. The highest BCUT2D eigenvalue weighted by Gasteiger charge is 2.14. The zero-order valence-electron chi connectivity index (χ0n) is 13.9. The molecule has 0 N–H and O–H groups in total. The molecule has 24 heavy (non-hydrogen) atoms. The van der Waals surface area contributed by atoms with Crippen molar-refractivity contribution in [3.63, 3.8) is 0 Å². The van der Waals surface area contributed by atoms with E-state index >= 15 is 0 Å². The number of rotatable bonds is 13. The Bertz CT molecular complexity index is 481. The minimum absolute atomic E-state index is 0.322. The van der Waals surface area contributed by atoms with Crippen molar-refractivity contribution in [1.29, 1.82) is 0 Å². The lowest BCUT2D eigenvalue weighted by Gasteiger charge is -2.11. The van der Waals surface area contributed by atoms with Crippen LogP contribution in [-0.2, 0) is 24.0 Å². The molecule has 1 aromatic carbocycles. The zero-order chi connectivity index (χ0) is 17.6. The van der Waals surface area contributed by atoms with Crippen molar-refractivity contribution in [1.82, 2.24) is 0 Å². The van der Waals surface area contributed by atoms with E-state index in [1.807, 2.05) is 6.07 Å². The Balaban J connectivity index is 2.24. The van der Waals surface area contributed by atoms with E-state index in [-0.39, 0.29) is 0 Å². The fourth-order valence-corrected chi connectivity index (χ4v) is 2.20. The van der Waals surface area contributed by atoms with Crippen LogP contribution in [-0.4, -0.2) is 59.3 Å². The number of benzene rings is 1. The smallest absolute Gasteiger partial charge is 0.341 e. The molecule has 0 aliphatic rings. The molecular formula is C16H23IO7. The van der Waals surface area contributed by atoms with E-state index in [0.717, 1.165) is 3.57 Å². The molecule has 0 atom stereocenters. The lowest BCUT2D eigenvalue weighted by atomic mass is 10.2. The summed E-state index contributed by atoms with van der Waals surface area (Å²) < 4.78 is 22.2. The van der Waals surface area contributed by atoms with E-state index in [9.17, 15) is 4.79 Å². The Kier molecular flexibility index (Phi) is 11.7. The van der Waals surface area contributed by atoms with Crippen molar-refractivity contribution >= 4 is 28.6 Å². The first-order chi connectivity index (χ1) is 11.7. The summed E-state index contributed by atoms with van der Waals surface area (Å²) in [6.45, 7) is 4.55. The molecule has 0 aromatic heterocycles. The van der Waals surface area contributed by atoms with Crippen LogP contribution in [0.15, 0.2) is 18.2 Å². The summed E-state index contributed by atoms with van der Waals surface area (Å²) >= 11 is 2.14. The molecule has 0 radical (unpaired) electrons. The first-order valence-electron chi connectivity index (χ1n) is 7.59. The quantitative estimate of drug-likeness (QED) is 0.149. The van der Waals surface area contributed by atoms with Gasteiger partial charge in [-0.05, 0) is 47.7 Å². The first-order valence-corrected chi connectivity index (χ1v) is 8.67. The summed E-state index contributed by atoms with van der Waals surface area (Å²) in [6.07, 6.45) is 0. The molecule has 0 aliphatic heterocycles. The second kappa shape index (κ2) is 13.4. The number of ether oxygens (including phenoxy) is 4. The number of hydrogen-bond acceptors (Lipinski definition) is 7. The van der Waals surface area contributed by atoms with Gasteiger partial charge >= 0.3 is 5.97 Å². The third-order valence-electron chi connectivity index (χ3n) is 2.72. The van der Waals surface area contributed by atoms with Crippen LogP contribution in [0, 0.1) is 3.57 Å². The Hall–Kier alpha value is -0.940. The predicted molar refractivity (Wildman–Crippen MR) is 95.2 cm³/mol. The number of hydrogen-bond donors (Lipinski definition) is 0. The maximum absolute atomic E-state index is 11.9. The molecule has 1 aromatic rings. The topological polar surface area (TPSA) is 72.5 Å². The van der Waals surface area contributed by atoms with Crippen LogP contribution in [0.2, 0.25) is 0 Å². The average Bonchev–Trinajstić information content (AvgIpc) is 2.57. The molecule has 0 spiro atoms. The van der Waals surface area contributed by atoms with Crippen LogP contribution in [0.25, 0.3) is 0 Å². The molecule has 0 saturated heterocycles. The molecule has 0 fully saturated rings. The standard InChI is InChI=1S/C16H23IO7/c1-3-22-16(18)14-12-13(17)4-5-15(14)23-10-8-20-6-7-21-9-11-24-19-2/h4-5,12H,3,6-11H2,1-2H3. The maximum atomic E-state index is 11.9. The van der Waals surface area contributed by atoms with Gasteiger partial charge in [-0.25, -0.2) is 14.6 Å².